The third kappa shape index (κ3) is 2.01. The Balaban J connectivity index is 1.87. The fourth-order valence-electron chi connectivity index (χ4n) is 4.36. The van der Waals surface area contributed by atoms with Gasteiger partial charge in [-0.1, -0.05) is 20.8 Å². The zero-order valence-corrected chi connectivity index (χ0v) is 14.1. The van der Waals surface area contributed by atoms with Gasteiger partial charge in [-0.15, -0.1) is 0 Å². The number of aromatic nitrogens is 2. The molecule has 0 aliphatic heterocycles. The summed E-state index contributed by atoms with van der Waals surface area (Å²) in [5.41, 5.74) is 0.647. The minimum Gasteiger partial charge on any atom is -0.480 e. The van der Waals surface area contributed by atoms with Crippen molar-refractivity contribution in [2.45, 2.75) is 46.1 Å². The number of ether oxygens (including phenoxy) is 1. The summed E-state index contributed by atoms with van der Waals surface area (Å²) in [6, 6.07) is 0.416. The first-order valence-electron chi connectivity index (χ1n) is 7.20. The van der Waals surface area contributed by atoms with Crippen molar-refractivity contribution < 1.29 is 4.74 Å². The van der Waals surface area contributed by atoms with Crippen LogP contribution >= 0.6 is 15.9 Å². The van der Waals surface area contributed by atoms with Crippen LogP contribution in [0.5, 0.6) is 5.88 Å². The van der Waals surface area contributed by atoms with E-state index in [1.54, 1.807) is 13.3 Å². The van der Waals surface area contributed by atoms with Gasteiger partial charge < -0.3 is 10.1 Å². The monoisotopic (exact) mass is 339 g/mol. The molecule has 2 aliphatic carbocycles. The summed E-state index contributed by atoms with van der Waals surface area (Å²) < 4.78 is 6.03. The average molecular weight is 340 g/mol. The van der Waals surface area contributed by atoms with Crippen LogP contribution in [0.3, 0.4) is 0 Å². The molecule has 5 heteroatoms. The highest BCUT2D eigenvalue weighted by Crippen LogP contribution is 2.62. The minimum absolute atomic E-state index is 0.288. The smallest absolute Gasteiger partial charge is 0.232 e. The molecular formula is C15H22BrN3O. The van der Waals surface area contributed by atoms with Crippen molar-refractivity contribution in [3.63, 3.8) is 0 Å². The second-order valence-corrected chi connectivity index (χ2v) is 7.90. The molecule has 0 saturated heterocycles. The molecule has 1 heterocycles. The standard InChI is InChI=1S/C15H22BrN3O/c1-14(2)9-5-6-15(3,7-9)12(14)19-13-17-8-10(16)11(18-13)20-4/h8-9,12H,5-7H2,1-4H3,(H,17,18,19). The van der Waals surface area contributed by atoms with Crippen LogP contribution in [-0.4, -0.2) is 23.1 Å². The van der Waals surface area contributed by atoms with Crippen LogP contribution in [0.2, 0.25) is 0 Å². The topological polar surface area (TPSA) is 47.0 Å². The maximum Gasteiger partial charge on any atom is 0.232 e. The summed E-state index contributed by atoms with van der Waals surface area (Å²) >= 11 is 3.39. The van der Waals surface area contributed by atoms with E-state index in [0.29, 0.717) is 23.3 Å². The van der Waals surface area contributed by atoms with Gasteiger partial charge in [-0.25, -0.2) is 4.98 Å². The Morgan fingerprint density at radius 1 is 1.40 bits per heavy atom. The summed E-state index contributed by atoms with van der Waals surface area (Å²) in [5.74, 6) is 2.05. The molecule has 2 bridgehead atoms. The van der Waals surface area contributed by atoms with Crippen molar-refractivity contribution in [2.24, 2.45) is 16.7 Å². The molecule has 1 N–H and O–H groups in total. The molecule has 0 aromatic carbocycles. The lowest BCUT2D eigenvalue weighted by molar-refractivity contribution is 0.154. The van der Waals surface area contributed by atoms with E-state index in [9.17, 15) is 0 Å². The first-order chi connectivity index (χ1) is 9.37. The number of nitrogens with one attached hydrogen (secondary N) is 1. The van der Waals surface area contributed by atoms with Gasteiger partial charge in [0.25, 0.3) is 0 Å². The van der Waals surface area contributed by atoms with Gasteiger partial charge in [0.1, 0.15) is 0 Å². The third-order valence-corrected chi connectivity index (χ3v) is 5.99. The first kappa shape index (κ1) is 14.1. The molecule has 0 spiro atoms. The Kier molecular flexibility index (Phi) is 3.23. The van der Waals surface area contributed by atoms with E-state index < -0.39 is 0 Å². The summed E-state index contributed by atoms with van der Waals surface area (Å²) in [6.07, 6.45) is 5.71. The van der Waals surface area contributed by atoms with Crippen LogP contribution < -0.4 is 10.1 Å². The van der Waals surface area contributed by atoms with Gasteiger partial charge in [-0.05, 0) is 51.9 Å². The lowest BCUT2D eigenvalue weighted by atomic mass is 9.68. The molecule has 0 amide bonds. The van der Waals surface area contributed by atoms with E-state index in [1.165, 1.54) is 19.3 Å². The molecule has 0 radical (unpaired) electrons. The van der Waals surface area contributed by atoms with Gasteiger partial charge in [0.2, 0.25) is 11.8 Å². The highest BCUT2D eigenvalue weighted by molar-refractivity contribution is 9.10. The normalized spacial score (nSPS) is 34.2. The number of hydrogen-bond acceptors (Lipinski definition) is 4. The van der Waals surface area contributed by atoms with Crippen molar-refractivity contribution in [2.75, 3.05) is 12.4 Å². The number of rotatable bonds is 3. The highest BCUT2D eigenvalue weighted by Gasteiger charge is 2.59. The van der Waals surface area contributed by atoms with Crippen molar-refractivity contribution in [1.29, 1.82) is 0 Å². The van der Waals surface area contributed by atoms with Crippen molar-refractivity contribution in [3.8, 4) is 5.88 Å². The van der Waals surface area contributed by atoms with E-state index in [-0.39, 0.29) is 5.41 Å². The van der Waals surface area contributed by atoms with Crippen LogP contribution in [0.25, 0.3) is 0 Å². The second-order valence-electron chi connectivity index (χ2n) is 7.04. The molecular weight excluding hydrogens is 318 g/mol. The Morgan fingerprint density at radius 2 is 2.15 bits per heavy atom. The van der Waals surface area contributed by atoms with Gasteiger partial charge in [-0.3, -0.25) is 0 Å². The fourth-order valence-corrected chi connectivity index (χ4v) is 4.71. The molecule has 1 aromatic heterocycles. The lowest BCUT2D eigenvalue weighted by Crippen LogP contribution is -2.46. The van der Waals surface area contributed by atoms with Crippen LogP contribution in [0, 0.1) is 16.7 Å². The van der Waals surface area contributed by atoms with Gasteiger partial charge in [-0.2, -0.15) is 4.98 Å². The molecule has 110 valence electrons. The fraction of sp³-hybridized carbons (Fsp3) is 0.733. The number of halogens is 1. The maximum absolute atomic E-state index is 5.25. The van der Waals surface area contributed by atoms with Gasteiger partial charge in [0, 0.05) is 6.04 Å². The molecule has 3 rings (SSSR count). The Hall–Kier alpha value is -0.840. The van der Waals surface area contributed by atoms with Crippen molar-refractivity contribution >= 4 is 21.9 Å². The van der Waals surface area contributed by atoms with Gasteiger partial charge in [0.05, 0.1) is 17.8 Å². The summed E-state index contributed by atoms with van der Waals surface area (Å²) in [6.45, 7) is 7.14. The SMILES string of the molecule is COc1nc(NC2C3(C)CCC(C3)C2(C)C)ncc1Br. The molecule has 4 nitrogen and oxygen atoms in total. The van der Waals surface area contributed by atoms with E-state index in [1.807, 2.05) is 0 Å². The zero-order valence-electron chi connectivity index (χ0n) is 12.5. The Labute approximate surface area is 128 Å². The Morgan fingerprint density at radius 3 is 2.75 bits per heavy atom. The number of methoxy groups -OCH3 is 1. The molecule has 1 aromatic rings. The maximum atomic E-state index is 5.25. The number of anilines is 1. The van der Waals surface area contributed by atoms with E-state index >= 15 is 0 Å². The van der Waals surface area contributed by atoms with Crippen molar-refractivity contribution in [3.05, 3.63) is 10.7 Å². The molecule has 2 aliphatic rings. The van der Waals surface area contributed by atoms with Crippen molar-refractivity contribution in [1.82, 2.24) is 9.97 Å². The van der Waals surface area contributed by atoms with Crippen LogP contribution in [0.4, 0.5) is 5.95 Å². The zero-order chi connectivity index (χ0) is 14.5. The first-order valence-corrected chi connectivity index (χ1v) is 7.99. The molecule has 2 saturated carbocycles. The summed E-state index contributed by atoms with van der Waals surface area (Å²) in [5, 5.41) is 3.58. The predicted octanol–water partition coefficient (Wildman–Crippen LogP) is 3.87. The van der Waals surface area contributed by atoms with E-state index in [4.69, 9.17) is 4.74 Å². The van der Waals surface area contributed by atoms with Crippen LogP contribution in [-0.2, 0) is 0 Å². The Bertz CT molecular complexity index is 529. The van der Waals surface area contributed by atoms with E-state index in [2.05, 4.69) is 52.0 Å². The second kappa shape index (κ2) is 4.58. The largest absolute Gasteiger partial charge is 0.480 e. The van der Waals surface area contributed by atoms with Gasteiger partial charge in [0.15, 0.2) is 0 Å². The quantitative estimate of drug-likeness (QED) is 0.907. The molecule has 2 fully saturated rings. The van der Waals surface area contributed by atoms with Crippen LogP contribution in [0.15, 0.2) is 10.7 Å². The molecule has 3 unspecified atom stereocenters. The highest BCUT2D eigenvalue weighted by atomic mass is 79.9. The molecule has 20 heavy (non-hydrogen) atoms. The minimum atomic E-state index is 0.288. The van der Waals surface area contributed by atoms with E-state index in [0.717, 1.165) is 10.4 Å². The molecule has 3 atom stereocenters. The third-order valence-electron chi connectivity index (χ3n) is 5.45. The number of fused-ring (bicyclic) bond motifs is 2. The van der Waals surface area contributed by atoms with Gasteiger partial charge >= 0.3 is 0 Å². The summed E-state index contributed by atoms with van der Waals surface area (Å²) in [7, 11) is 1.62. The number of nitrogens with zero attached hydrogens (tertiary/aromatic N) is 2. The summed E-state index contributed by atoms with van der Waals surface area (Å²) in [4.78, 5) is 8.82. The van der Waals surface area contributed by atoms with Crippen LogP contribution in [0.1, 0.15) is 40.0 Å². The number of hydrogen-bond donors (Lipinski definition) is 1. The average Bonchev–Trinajstić information content (AvgIpc) is 2.87. The predicted molar refractivity (Wildman–Crippen MR) is 82.9 cm³/mol. The lowest BCUT2D eigenvalue weighted by Gasteiger charge is -2.43.